The van der Waals surface area contributed by atoms with Crippen molar-refractivity contribution in [3.63, 3.8) is 0 Å². The Hall–Kier alpha value is -1.71. The maximum atomic E-state index is 11.9. The van der Waals surface area contributed by atoms with Crippen LogP contribution in [0.5, 0.6) is 0 Å². The molecule has 0 radical (unpaired) electrons. The van der Waals surface area contributed by atoms with Gasteiger partial charge in [0.25, 0.3) is 0 Å². The quantitative estimate of drug-likeness (QED) is 0.283. The van der Waals surface area contributed by atoms with Crippen molar-refractivity contribution in [1.29, 1.82) is 0 Å². The maximum Gasteiger partial charge on any atom is 2.00 e. The molecule has 1 amide bonds. The molecule has 28 heavy (non-hydrogen) atoms. The van der Waals surface area contributed by atoms with E-state index in [1.165, 1.54) is 0 Å². The minimum absolute atomic E-state index is 0. The largest absolute Gasteiger partial charge is 2.00 e. The van der Waals surface area contributed by atoms with Gasteiger partial charge in [-0.3, -0.25) is 4.79 Å². The van der Waals surface area contributed by atoms with Gasteiger partial charge < -0.3 is 10.2 Å². The molecule has 150 valence electrons. The summed E-state index contributed by atoms with van der Waals surface area (Å²) >= 11 is 11.6. The number of benzene rings is 1. The normalized spacial score (nSPS) is 9.64. The number of hydrogen-bond acceptors (Lipinski definition) is 2. The molecule has 3 aromatic carbocycles. The molecule has 0 unspecified atom stereocenters. The van der Waals surface area contributed by atoms with Crippen LogP contribution in [0.4, 0.5) is 11.4 Å². The maximum absolute atomic E-state index is 11.9. The summed E-state index contributed by atoms with van der Waals surface area (Å²) < 4.78 is 0. The van der Waals surface area contributed by atoms with Gasteiger partial charge in [0.15, 0.2) is 0 Å². The second-order valence-corrected chi connectivity index (χ2v) is 6.65. The summed E-state index contributed by atoms with van der Waals surface area (Å²) in [6.07, 6.45) is 0.358. The molecular weight excluding hydrogens is 435 g/mol. The standard InChI is InChI=1S/C17H19Cl2N2O.C5H5.Fe/c18-9-11-21(12-10-19)16-7-5-14(6-8-16)13-17(22)20-15-3-1-2-4-15;1-2-4-5-3-1;/h1-8H,9-13H2,(H,20,22);1-5H;/q2*-1;+2. The molecule has 0 aliphatic heterocycles. The average Bonchev–Trinajstić information content (AvgIpc) is 3.39. The third-order valence-electron chi connectivity index (χ3n) is 3.88. The SMILES string of the molecule is O=C(Cc1ccc(N(CCCl)CCCl)cc1)Nc1cc[cH-]c1.[Fe+2].c1cc[cH-]c1. The molecular formula is C22H24Cl2FeN2O. The van der Waals surface area contributed by atoms with Gasteiger partial charge in [-0.25, -0.2) is 12.1 Å². The Morgan fingerprint density at radius 1 is 0.929 bits per heavy atom. The number of hydrogen-bond donors (Lipinski definition) is 1. The van der Waals surface area contributed by atoms with Gasteiger partial charge in [-0.2, -0.15) is 42.5 Å². The summed E-state index contributed by atoms with van der Waals surface area (Å²) in [6.45, 7) is 1.51. The van der Waals surface area contributed by atoms with Gasteiger partial charge in [-0.05, 0) is 17.7 Å². The van der Waals surface area contributed by atoms with Gasteiger partial charge in [-0.15, -0.1) is 28.9 Å². The number of rotatable bonds is 8. The summed E-state index contributed by atoms with van der Waals surface area (Å²) in [5.41, 5.74) is 2.88. The van der Waals surface area contributed by atoms with E-state index in [1.54, 1.807) is 0 Å². The van der Waals surface area contributed by atoms with Crippen LogP contribution in [-0.2, 0) is 28.3 Å². The van der Waals surface area contributed by atoms with Crippen LogP contribution in [0, 0.1) is 0 Å². The van der Waals surface area contributed by atoms with Gasteiger partial charge in [0.2, 0.25) is 5.91 Å². The minimum Gasteiger partial charge on any atom is -0.389 e. The Bertz CT molecular complexity index is 720. The zero-order valence-electron chi connectivity index (χ0n) is 15.5. The van der Waals surface area contributed by atoms with E-state index in [9.17, 15) is 4.79 Å². The molecule has 0 aliphatic carbocycles. The second-order valence-electron chi connectivity index (χ2n) is 5.89. The molecule has 0 aliphatic rings. The van der Waals surface area contributed by atoms with Crippen molar-refractivity contribution in [2.45, 2.75) is 6.42 Å². The fraction of sp³-hybridized carbons (Fsp3) is 0.227. The number of carbonyl (C=O) groups is 1. The Morgan fingerprint density at radius 2 is 1.57 bits per heavy atom. The number of anilines is 2. The van der Waals surface area contributed by atoms with E-state index in [0.29, 0.717) is 18.2 Å². The van der Waals surface area contributed by atoms with Crippen molar-refractivity contribution in [2.75, 3.05) is 35.1 Å². The van der Waals surface area contributed by atoms with Crippen LogP contribution in [0.15, 0.2) is 78.9 Å². The van der Waals surface area contributed by atoms with Crippen LogP contribution in [0.1, 0.15) is 5.56 Å². The first-order valence-electron chi connectivity index (χ1n) is 8.87. The van der Waals surface area contributed by atoms with Crippen LogP contribution in [0.3, 0.4) is 0 Å². The average molecular weight is 459 g/mol. The van der Waals surface area contributed by atoms with Crippen LogP contribution >= 0.6 is 23.2 Å². The first kappa shape index (κ1) is 24.3. The molecule has 0 heterocycles. The monoisotopic (exact) mass is 458 g/mol. The Kier molecular flexibility index (Phi) is 12.4. The first-order chi connectivity index (χ1) is 13.2. The van der Waals surface area contributed by atoms with E-state index in [-0.39, 0.29) is 23.0 Å². The molecule has 6 heteroatoms. The molecule has 0 spiro atoms. The Balaban J connectivity index is 0.000000567. The Labute approximate surface area is 187 Å². The van der Waals surface area contributed by atoms with Crippen LogP contribution in [-0.4, -0.2) is 30.8 Å². The Morgan fingerprint density at radius 3 is 2.04 bits per heavy atom. The minimum atomic E-state index is -0.0164. The third-order valence-corrected chi connectivity index (χ3v) is 4.22. The zero-order chi connectivity index (χ0) is 19.3. The fourth-order valence-corrected chi connectivity index (χ4v) is 2.98. The number of nitrogens with one attached hydrogen (secondary N) is 1. The number of nitrogens with zero attached hydrogens (tertiary/aromatic N) is 1. The van der Waals surface area contributed by atoms with Crippen molar-refractivity contribution in [1.82, 2.24) is 0 Å². The van der Waals surface area contributed by atoms with E-state index in [0.717, 1.165) is 30.0 Å². The fourth-order valence-electron chi connectivity index (χ4n) is 2.57. The van der Waals surface area contributed by atoms with Crippen molar-refractivity contribution in [2.24, 2.45) is 0 Å². The van der Waals surface area contributed by atoms with E-state index >= 15 is 0 Å². The molecule has 0 bridgehead atoms. The van der Waals surface area contributed by atoms with Gasteiger partial charge in [0.05, 0.1) is 6.42 Å². The number of halogens is 2. The van der Waals surface area contributed by atoms with Crippen molar-refractivity contribution < 1.29 is 21.9 Å². The first-order valence-corrected chi connectivity index (χ1v) is 9.94. The summed E-state index contributed by atoms with van der Waals surface area (Å²) in [5.74, 6) is 1.10. The van der Waals surface area contributed by atoms with Crippen LogP contribution in [0.25, 0.3) is 0 Å². The molecule has 0 aromatic heterocycles. The number of carbonyl (C=O) groups excluding carboxylic acids is 1. The summed E-state index contributed by atoms with van der Waals surface area (Å²) in [7, 11) is 0. The van der Waals surface area contributed by atoms with E-state index in [4.69, 9.17) is 23.2 Å². The molecule has 3 aromatic rings. The number of amides is 1. The predicted molar refractivity (Wildman–Crippen MR) is 116 cm³/mol. The topological polar surface area (TPSA) is 32.3 Å². The van der Waals surface area contributed by atoms with Gasteiger partial charge >= 0.3 is 17.1 Å². The molecule has 3 rings (SSSR count). The molecule has 0 saturated heterocycles. The zero-order valence-corrected chi connectivity index (χ0v) is 18.1. The number of alkyl halides is 2. The van der Waals surface area contributed by atoms with E-state index in [2.05, 4.69) is 10.2 Å². The van der Waals surface area contributed by atoms with Crippen molar-refractivity contribution in [3.8, 4) is 0 Å². The van der Waals surface area contributed by atoms with E-state index in [1.807, 2.05) is 78.9 Å². The molecule has 3 nitrogen and oxygen atoms in total. The van der Waals surface area contributed by atoms with E-state index < -0.39 is 0 Å². The second kappa shape index (κ2) is 14.3. The molecule has 0 fully saturated rings. The summed E-state index contributed by atoms with van der Waals surface area (Å²) in [4.78, 5) is 14.1. The third kappa shape index (κ3) is 8.99. The van der Waals surface area contributed by atoms with Crippen molar-refractivity contribution in [3.05, 3.63) is 84.4 Å². The predicted octanol–water partition coefficient (Wildman–Crippen LogP) is 5.27. The van der Waals surface area contributed by atoms with Gasteiger partial charge in [0, 0.05) is 30.5 Å². The van der Waals surface area contributed by atoms with Crippen LogP contribution in [0.2, 0.25) is 0 Å². The molecule has 0 atom stereocenters. The smallest absolute Gasteiger partial charge is 0.389 e. The summed E-state index contributed by atoms with van der Waals surface area (Å²) in [6, 6.07) is 25.5. The molecule has 1 N–H and O–H groups in total. The van der Waals surface area contributed by atoms with Gasteiger partial charge in [-0.1, -0.05) is 12.1 Å². The van der Waals surface area contributed by atoms with Crippen LogP contribution < -0.4 is 10.2 Å². The summed E-state index contributed by atoms with van der Waals surface area (Å²) in [5, 5.41) is 2.86. The molecule has 0 saturated carbocycles. The van der Waals surface area contributed by atoms with Crippen molar-refractivity contribution >= 4 is 40.5 Å². The van der Waals surface area contributed by atoms with Gasteiger partial charge in [0.1, 0.15) is 0 Å².